The summed E-state index contributed by atoms with van der Waals surface area (Å²) in [5, 5.41) is 22.1. The number of nitrogens with zero attached hydrogens (tertiary/aromatic N) is 3. The maximum absolute atomic E-state index is 9.53. The molecule has 7 aromatic carbocycles. The van der Waals surface area contributed by atoms with Crippen molar-refractivity contribution in [1.29, 1.82) is 10.5 Å². The molecule has 0 saturated carbocycles. The first-order valence-corrected chi connectivity index (χ1v) is 17.0. The largest absolute Gasteiger partial charge is 0.455 e. The molecule has 0 atom stereocenters. The summed E-state index contributed by atoms with van der Waals surface area (Å²) in [6.45, 7) is 0. The van der Waals surface area contributed by atoms with Gasteiger partial charge >= 0.3 is 0 Å². The molecule has 2 aromatic heterocycles. The van der Waals surface area contributed by atoms with E-state index >= 15 is 0 Å². The molecule has 0 aliphatic heterocycles. The van der Waals surface area contributed by atoms with Crippen molar-refractivity contribution in [2.75, 3.05) is 0 Å². The van der Waals surface area contributed by atoms with E-state index in [9.17, 15) is 10.5 Å². The zero-order chi connectivity index (χ0) is 33.6. The second-order valence-electron chi connectivity index (χ2n) is 12.2. The Morgan fingerprint density at radius 3 is 1.80 bits per heavy atom. The number of furan rings is 1. The Hall–Kier alpha value is -6.79. The quantitative estimate of drug-likeness (QED) is 0.185. The Morgan fingerprint density at radius 1 is 0.480 bits per heavy atom. The molecule has 0 aliphatic rings. The highest BCUT2D eigenvalue weighted by molar-refractivity contribution is 7.21. The Kier molecular flexibility index (Phi) is 7.06. The van der Waals surface area contributed by atoms with Crippen LogP contribution in [0.5, 0.6) is 0 Å². The number of hydrogen-bond donors (Lipinski definition) is 0. The zero-order valence-electron chi connectivity index (χ0n) is 26.6. The van der Waals surface area contributed by atoms with Gasteiger partial charge in [-0.3, -0.25) is 0 Å². The fraction of sp³-hybridized carbons (Fsp3) is 0. The highest BCUT2D eigenvalue weighted by Crippen LogP contribution is 2.39. The third-order valence-corrected chi connectivity index (χ3v) is 10.3. The van der Waals surface area contributed by atoms with E-state index < -0.39 is 0 Å². The minimum absolute atomic E-state index is 0.377. The van der Waals surface area contributed by atoms with E-state index in [4.69, 9.17) is 9.40 Å². The molecule has 0 aliphatic carbocycles. The van der Waals surface area contributed by atoms with Crippen LogP contribution in [-0.2, 0) is 0 Å². The summed E-state index contributed by atoms with van der Waals surface area (Å²) in [5.74, 6) is 0. The van der Waals surface area contributed by atoms with Crippen LogP contribution in [0.15, 0.2) is 156 Å². The molecule has 9 rings (SSSR count). The van der Waals surface area contributed by atoms with Gasteiger partial charge in [-0.05, 0) is 87.5 Å². The summed E-state index contributed by atoms with van der Waals surface area (Å²) < 4.78 is 7.49. The molecule has 0 fully saturated rings. The molecular formula is C45H25N3OS. The average molecular weight is 656 g/mol. The van der Waals surface area contributed by atoms with Crippen molar-refractivity contribution >= 4 is 43.5 Å². The van der Waals surface area contributed by atoms with Crippen molar-refractivity contribution in [2.24, 2.45) is 0 Å². The SMILES string of the molecule is N#Cc1ccc(-c2ccc(-c3cc(-c4ccc(-c5cccc6c5oc5ccccc56)cc4)cc(-c4nc5ccccc5s4)c3)cc2)cc1C#N. The van der Waals surface area contributed by atoms with Crippen LogP contribution < -0.4 is 0 Å². The third kappa shape index (κ3) is 5.11. The van der Waals surface area contributed by atoms with Gasteiger partial charge in [0.1, 0.15) is 28.3 Å². The maximum Gasteiger partial charge on any atom is 0.143 e. The Morgan fingerprint density at radius 2 is 1.08 bits per heavy atom. The van der Waals surface area contributed by atoms with E-state index in [1.54, 1.807) is 23.5 Å². The van der Waals surface area contributed by atoms with E-state index in [1.807, 2.05) is 30.3 Å². The highest BCUT2D eigenvalue weighted by Gasteiger charge is 2.14. The average Bonchev–Trinajstić information content (AvgIpc) is 3.80. The summed E-state index contributed by atoms with van der Waals surface area (Å²) in [6.07, 6.45) is 0. The first-order valence-electron chi connectivity index (χ1n) is 16.2. The number of para-hydroxylation sites is 3. The molecule has 4 nitrogen and oxygen atoms in total. The number of rotatable bonds is 5. The van der Waals surface area contributed by atoms with E-state index in [2.05, 4.69) is 121 Å². The summed E-state index contributed by atoms with van der Waals surface area (Å²) in [6, 6.07) is 56.1. The van der Waals surface area contributed by atoms with E-state index in [-0.39, 0.29) is 0 Å². The number of hydrogen-bond acceptors (Lipinski definition) is 5. The second kappa shape index (κ2) is 12.0. The smallest absolute Gasteiger partial charge is 0.143 e. The number of fused-ring (bicyclic) bond motifs is 4. The van der Waals surface area contributed by atoms with Crippen molar-refractivity contribution < 1.29 is 4.42 Å². The molecule has 0 radical (unpaired) electrons. The van der Waals surface area contributed by atoms with Crippen LogP contribution in [0.2, 0.25) is 0 Å². The van der Waals surface area contributed by atoms with Crippen LogP contribution in [0, 0.1) is 22.7 Å². The number of thiazole rings is 1. The summed E-state index contributed by atoms with van der Waals surface area (Å²) in [7, 11) is 0. The van der Waals surface area contributed by atoms with Crippen molar-refractivity contribution in [3.05, 3.63) is 163 Å². The fourth-order valence-electron chi connectivity index (χ4n) is 6.67. The topological polar surface area (TPSA) is 73.6 Å². The van der Waals surface area contributed by atoms with Gasteiger partial charge < -0.3 is 4.42 Å². The minimum atomic E-state index is 0.377. The van der Waals surface area contributed by atoms with Gasteiger partial charge in [-0.2, -0.15) is 10.5 Å². The van der Waals surface area contributed by atoms with Crippen molar-refractivity contribution in [3.63, 3.8) is 0 Å². The van der Waals surface area contributed by atoms with Crippen molar-refractivity contribution in [3.8, 4) is 67.2 Å². The Balaban J connectivity index is 1.12. The van der Waals surface area contributed by atoms with Gasteiger partial charge in [0.2, 0.25) is 0 Å². The van der Waals surface area contributed by atoms with Gasteiger partial charge in [0, 0.05) is 21.9 Å². The third-order valence-electron chi connectivity index (χ3n) is 9.22. The Bertz CT molecular complexity index is 2800. The molecule has 0 spiro atoms. The molecule has 2 heterocycles. The first kappa shape index (κ1) is 29.4. The van der Waals surface area contributed by atoms with Crippen LogP contribution in [0.1, 0.15) is 11.1 Å². The van der Waals surface area contributed by atoms with Crippen LogP contribution in [0.25, 0.3) is 87.2 Å². The predicted molar refractivity (Wildman–Crippen MR) is 204 cm³/mol. The van der Waals surface area contributed by atoms with Crippen LogP contribution in [-0.4, -0.2) is 4.98 Å². The lowest BCUT2D eigenvalue weighted by atomic mass is 9.93. The van der Waals surface area contributed by atoms with E-state index in [0.29, 0.717) is 11.1 Å². The minimum Gasteiger partial charge on any atom is -0.455 e. The fourth-order valence-corrected chi connectivity index (χ4v) is 7.62. The lowest BCUT2D eigenvalue weighted by Crippen LogP contribution is -1.88. The van der Waals surface area contributed by atoms with E-state index in [1.165, 1.54) is 0 Å². The van der Waals surface area contributed by atoms with Crippen LogP contribution >= 0.6 is 11.3 Å². The lowest BCUT2D eigenvalue weighted by molar-refractivity contribution is 0.670. The van der Waals surface area contributed by atoms with Gasteiger partial charge in [0.15, 0.2) is 0 Å². The van der Waals surface area contributed by atoms with Gasteiger partial charge in [-0.1, -0.05) is 103 Å². The standard InChI is InChI=1S/C45H25N3OS/c46-26-33-21-20-32(22-37(33)27-47)28-12-14-29(15-13-28)34-23-35(25-36(24-34)45-48-41-9-2-4-11-43(41)50-45)30-16-18-31(19-17-30)38-7-5-8-40-39-6-1-3-10-42(39)49-44(38)40/h1-25H. The van der Waals surface area contributed by atoms with Gasteiger partial charge in [0.25, 0.3) is 0 Å². The lowest BCUT2D eigenvalue weighted by Gasteiger charge is -2.12. The van der Waals surface area contributed by atoms with E-state index in [0.717, 1.165) is 87.2 Å². The molecule has 232 valence electrons. The molecule has 0 unspecified atom stereocenters. The molecule has 0 amide bonds. The molecule has 0 saturated heterocycles. The second-order valence-corrected chi connectivity index (χ2v) is 13.2. The van der Waals surface area contributed by atoms with Crippen molar-refractivity contribution in [1.82, 2.24) is 4.98 Å². The van der Waals surface area contributed by atoms with Crippen LogP contribution in [0.3, 0.4) is 0 Å². The van der Waals surface area contributed by atoms with Crippen molar-refractivity contribution in [2.45, 2.75) is 0 Å². The molecule has 0 bridgehead atoms. The monoisotopic (exact) mass is 655 g/mol. The number of aromatic nitrogens is 1. The summed E-state index contributed by atoms with van der Waals surface area (Å²) in [4.78, 5) is 5.00. The molecule has 9 aromatic rings. The molecule has 50 heavy (non-hydrogen) atoms. The molecule has 0 N–H and O–H groups in total. The first-order chi connectivity index (χ1) is 24.6. The number of nitriles is 2. The van der Waals surface area contributed by atoms with Gasteiger partial charge in [0.05, 0.1) is 21.3 Å². The summed E-state index contributed by atoms with van der Waals surface area (Å²) >= 11 is 1.70. The maximum atomic E-state index is 9.53. The molecule has 5 heteroatoms. The normalized spacial score (nSPS) is 11.2. The number of benzene rings is 7. The van der Waals surface area contributed by atoms with Gasteiger partial charge in [-0.15, -0.1) is 11.3 Å². The zero-order valence-corrected chi connectivity index (χ0v) is 27.4. The van der Waals surface area contributed by atoms with Crippen LogP contribution in [0.4, 0.5) is 0 Å². The van der Waals surface area contributed by atoms with Gasteiger partial charge in [-0.25, -0.2) is 4.98 Å². The Labute approximate surface area is 292 Å². The highest BCUT2D eigenvalue weighted by atomic mass is 32.1. The predicted octanol–water partition coefficient (Wildman–Crippen LogP) is 12.3. The summed E-state index contributed by atoms with van der Waals surface area (Å²) in [5.41, 5.74) is 13.0. The molecular weight excluding hydrogens is 631 g/mol.